The summed E-state index contributed by atoms with van der Waals surface area (Å²) in [6.45, 7) is 3.16. The van der Waals surface area contributed by atoms with Crippen molar-refractivity contribution in [2.24, 2.45) is 5.73 Å². The van der Waals surface area contributed by atoms with E-state index in [0.717, 1.165) is 6.54 Å². The lowest BCUT2D eigenvalue weighted by Crippen LogP contribution is -1.97. The molecule has 0 aliphatic heterocycles. The van der Waals surface area contributed by atoms with Crippen LogP contribution in [0.4, 0.5) is 0 Å². The Kier molecular flexibility index (Phi) is 35.3. The molecule has 132 valence electrons. The Morgan fingerprint density at radius 1 is 0.571 bits per heavy atom. The second kappa shape index (κ2) is 28.4. The molecule has 0 amide bonds. The number of nitrogens with two attached hydrogens (primary N) is 1. The zero-order valence-corrected chi connectivity index (χ0v) is 15.9. The van der Waals surface area contributed by atoms with E-state index in [1.165, 1.54) is 89.9 Å². The van der Waals surface area contributed by atoms with Crippen LogP contribution in [0.3, 0.4) is 0 Å². The molecule has 0 aromatic rings. The molecule has 2 nitrogen and oxygen atoms in total. The second-order valence-electron chi connectivity index (χ2n) is 5.88. The molecular formula is C18H43ClN2. The highest BCUT2D eigenvalue weighted by Gasteiger charge is 1.93. The zero-order chi connectivity index (χ0) is 15.3. The van der Waals surface area contributed by atoms with Gasteiger partial charge in [0.1, 0.15) is 0 Å². The number of rotatable bonds is 14. The van der Waals surface area contributed by atoms with Gasteiger partial charge in [0.2, 0.25) is 0 Å². The minimum absolute atomic E-state index is 0. The predicted octanol–water partition coefficient (Wildman–Crippen LogP) is 5.68. The molecular weight excluding hydrogens is 280 g/mol. The summed E-state index contributed by atoms with van der Waals surface area (Å²) in [7, 11) is 3.75. The number of hydrogen-bond donors (Lipinski definition) is 2. The zero-order valence-electron chi connectivity index (χ0n) is 15.1. The molecule has 0 unspecified atom stereocenters. The summed E-state index contributed by atoms with van der Waals surface area (Å²) < 4.78 is 0. The Labute approximate surface area is 141 Å². The normalized spacial score (nSPS) is 9.71. The van der Waals surface area contributed by atoms with Gasteiger partial charge in [0.05, 0.1) is 0 Å². The predicted molar refractivity (Wildman–Crippen MR) is 102 cm³/mol. The molecule has 0 aliphatic carbocycles. The van der Waals surface area contributed by atoms with E-state index in [1.54, 1.807) is 0 Å². The highest BCUT2D eigenvalue weighted by molar-refractivity contribution is 5.85. The van der Waals surface area contributed by atoms with Gasteiger partial charge in [-0.25, -0.2) is 0 Å². The van der Waals surface area contributed by atoms with Gasteiger partial charge in [-0.15, -0.1) is 12.4 Å². The van der Waals surface area contributed by atoms with Crippen LogP contribution in [0.25, 0.3) is 0 Å². The summed E-state index contributed by atoms with van der Waals surface area (Å²) in [4.78, 5) is 0. The maximum absolute atomic E-state index is 5.47. The molecule has 0 aromatic carbocycles. The third-order valence-electron chi connectivity index (χ3n) is 3.56. The summed E-state index contributed by atoms with van der Waals surface area (Å²) in [6, 6.07) is 0. The van der Waals surface area contributed by atoms with E-state index in [-0.39, 0.29) is 12.4 Å². The quantitative estimate of drug-likeness (QED) is 0.403. The number of halogens is 1. The van der Waals surface area contributed by atoms with E-state index in [1.807, 2.05) is 14.1 Å². The summed E-state index contributed by atoms with van der Waals surface area (Å²) in [5.41, 5.74) is 5.47. The van der Waals surface area contributed by atoms with E-state index in [9.17, 15) is 0 Å². The van der Waals surface area contributed by atoms with Gasteiger partial charge < -0.3 is 11.1 Å². The molecule has 0 aliphatic rings. The maximum atomic E-state index is 5.47. The van der Waals surface area contributed by atoms with Gasteiger partial charge in [-0.3, -0.25) is 0 Å². The minimum atomic E-state index is 0. The van der Waals surface area contributed by atoms with Crippen LogP contribution in [0.5, 0.6) is 0 Å². The first kappa shape index (κ1) is 26.1. The molecule has 0 heterocycles. The largest absolute Gasteiger partial charge is 0.330 e. The summed E-state index contributed by atoms with van der Waals surface area (Å²) >= 11 is 0. The first-order valence-corrected chi connectivity index (χ1v) is 9.12. The maximum Gasteiger partial charge on any atom is -0.00773 e. The third-order valence-corrected chi connectivity index (χ3v) is 3.56. The average Bonchev–Trinajstić information content (AvgIpc) is 2.45. The van der Waals surface area contributed by atoms with E-state index in [2.05, 4.69) is 12.2 Å². The first-order valence-electron chi connectivity index (χ1n) is 9.12. The van der Waals surface area contributed by atoms with Crippen molar-refractivity contribution >= 4 is 12.4 Å². The molecule has 3 N–H and O–H groups in total. The van der Waals surface area contributed by atoms with Crippen molar-refractivity contribution in [3.63, 3.8) is 0 Å². The molecule has 0 saturated carbocycles. The van der Waals surface area contributed by atoms with Crippen LogP contribution in [0.15, 0.2) is 0 Å². The van der Waals surface area contributed by atoms with Crippen LogP contribution in [-0.4, -0.2) is 20.6 Å². The first-order chi connectivity index (χ1) is 9.83. The fourth-order valence-corrected chi connectivity index (χ4v) is 2.34. The van der Waals surface area contributed by atoms with Gasteiger partial charge in [-0.05, 0) is 27.1 Å². The van der Waals surface area contributed by atoms with Gasteiger partial charge in [0.25, 0.3) is 0 Å². The van der Waals surface area contributed by atoms with Crippen molar-refractivity contribution in [2.45, 2.75) is 96.8 Å². The van der Waals surface area contributed by atoms with Gasteiger partial charge in [-0.2, -0.15) is 0 Å². The topological polar surface area (TPSA) is 38.0 Å². The fourth-order valence-electron chi connectivity index (χ4n) is 2.34. The standard InChI is InChI=1S/C16H35N.C2H7N.ClH/c1-2-3-4-5-6-7-8-9-10-11-12-13-14-15-16-17;1-3-2;/h2-17H2,1H3;3H,1-2H3;1H. The van der Waals surface area contributed by atoms with Crippen molar-refractivity contribution in [3.8, 4) is 0 Å². The van der Waals surface area contributed by atoms with Gasteiger partial charge in [-0.1, -0.05) is 90.4 Å². The molecule has 0 bridgehead atoms. The van der Waals surface area contributed by atoms with Gasteiger partial charge in [0.15, 0.2) is 0 Å². The summed E-state index contributed by atoms with van der Waals surface area (Å²) in [5.74, 6) is 0. The highest BCUT2D eigenvalue weighted by Crippen LogP contribution is 2.12. The van der Waals surface area contributed by atoms with Gasteiger partial charge >= 0.3 is 0 Å². The Balaban J connectivity index is -0.000000740. The Bertz CT molecular complexity index is 129. The van der Waals surface area contributed by atoms with Crippen molar-refractivity contribution in [1.82, 2.24) is 5.32 Å². The number of unbranched alkanes of at least 4 members (excludes halogenated alkanes) is 13. The Morgan fingerprint density at radius 2 is 0.810 bits per heavy atom. The Morgan fingerprint density at radius 3 is 1.05 bits per heavy atom. The lowest BCUT2D eigenvalue weighted by molar-refractivity contribution is 0.536. The molecule has 0 fully saturated rings. The lowest BCUT2D eigenvalue weighted by atomic mass is 10.0. The smallest absolute Gasteiger partial charge is 0.00773 e. The summed E-state index contributed by atoms with van der Waals surface area (Å²) in [6.07, 6.45) is 19.9. The van der Waals surface area contributed by atoms with Crippen molar-refractivity contribution in [1.29, 1.82) is 0 Å². The fraction of sp³-hybridized carbons (Fsp3) is 1.00. The SMILES string of the molecule is CCCCCCCCCCCCCCCCN.CNC.Cl. The van der Waals surface area contributed by atoms with E-state index in [0.29, 0.717) is 0 Å². The van der Waals surface area contributed by atoms with E-state index < -0.39 is 0 Å². The van der Waals surface area contributed by atoms with E-state index >= 15 is 0 Å². The van der Waals surface area contributed by atoms with Gasteiger partial charge in [0, 0.05) is 0 Å². The molecule has 0 radical (unpaired) electrons. The molecule has 3 heteroatoms. The number of nitrogens with one attached hydrogen (secondary N) is 1. The van der Waals surface area contributed by atoms with Crippen molar-refractivity contribution in [2.75, 3.05) is 20.6 Å². The van der Waals surface area contributed by atoms with E-state index in [4.69, 9.17) is 5.73 Å². The summed E-state index contributed by atoms with van der Waals surface area (Å²) in [5, 5.41) is 2.75. The van der Waals surface area contributed by atoms with Crippen LogP contribution in [0, 0.1) is 0 Å². The third kappa shape index (κ3) is 33.2. The van der Waals surface area contributed by atoms with Crippen LogP contribution >= 0.6 is 12.4 Å². The molecule has 0 atom stereocenters. The molecule has 0 aromatic heterocycles. The Hall–Kier alpha value is 0.210. The van der Waals surface area contributed by atoms with Crippen LogP contribution < -0.4 is 11.1 Å². The molecule has 21 heavy (non-hydrogen) atoms. The monoisotopic (exact) mass is 322 g/mol. The van der Waals surface area contributed by atoms with Crippen molar-refractivity contribution < 1.29 is 0 Å². The average molecular weight is 323 g/mol. The van der Waals surface area contributed by atoms with Crippen LogP contribution in [0.1, 0.15) is 96.8 Å². The van der Waals surface area contributed by atoms with Crippen LogP contribution in [0.2, 0.25) is 0 Å². The second-order valence-corrected chi connectivity index (χ2v) is 5.88. The molecule has 0 saturated heterocycles. The number of hydrogen-bond acceptors (Lipinski definition) is 2. The molecule has 0 rings (SSSR count). The van der Waals surface area contributed by atoms with Crippen LogP contribution in [-0.2, 0) is 0 Å². The van der Waals surface area contributed by atoms with Crippen molar-refractivity contribution in [3.05, 3.63) is 0 Å². The highest BCUT2D eigenvalue weighted by atomic mass is 35.5. The molecule has 0 spiro atoms. The lowest BCUT2D eigenvalue weighted by Gasteiger charge is -2.02. The minimum Gasteiger partial charge on any atom is -0.330 e.